The van der Waals surface area contributed by atoms with Crippen molar-refractivity contribution in [2.45, 2.75) is 46.1 Å². The number of aromatic nitrogens is 1. The van der Waals surface area contributed by atoms with Crippen molar-refractivity contribution in [2.75, 3.05) is 11.9 Å². The Kier molecular flexibility index (Phi) is 7.44. The van der Waals surface area contributed by atoms with Gasteiger partial charge in [-0.1, -0.05) is 20.8 Å². The molecule has 0 spiro atoms. The van der Waals surface area contributed by atoms with Crippen LogP contribution in [0.4, 0.5) is 5.13 Å². The molecule has 1 aromatic rings. The number of hydrogen-bond acceptors (Lipinski definition) is 5. The van der Waals surface area contributed by atoms with E-state index in [9.17, 15) is 9.59 Å². The average Bonchev–Trinajstić information content (AvgIpc) is 2.84. The van der Waals surface area contributed by atoms with Crippen molar-refractivity contribution in [1.82, 2.24) is 10.3 Å². The lowest BCUT2D eigenvalue weighted by Gasteiger charge is -2.15. The van der Waals surface area contributed by atoms with Crippen LogP contribution in [0.5, 0.6) is 0 Å². The van der Waals surface area contributed by atoms with E-state index < -0.39 is 6.04 Å². The fourth-order valence-electron chi connectivity index (χ4n) is 2.34. The molecule has 0 radical (unpaired) electrons. The van der Waals surface area contributed by atoms with Gasteiger partial charge in [0.2, 0.25) is 11.8 Å². The quantitative estimate of drug-likeness (QED) is 0.744. The number of carbonyl (C=O) groups is 2. The van der Waals surface area contributed by atoms with Gasteiger partial charge in [-0.3, -0.25) is 9.59 Å². The predicted octanol–water partition coefficient (Wildman–Crippen LogP) is 1.73. The number of nitrogens with one attached hydrogen (secondary N) is 2. The number of nitrogens with zero attached hydrogens (tertiary/aromatic N) is 1. The third-order valence-corrected chi connectivity index (χ3v) is 4.91. The van der Waals surface area contributed by atoms with Crippen LogP contribution in [0, 0.1) is 11.8 Å². The molecule has 130 valence electrons. The second-order valence-electron chi connectivity index (χ2n) is 6.27. The minimum Gasteiger partial charge on any atom is -0.346 e. The second kappa shape index (κ2) is 8.61. The van der Waals surface area contributed by atoms with Gasteiger partial charge in [-0.15, -0.1) is 23.7 Å². The third kappa shape index (κ3) is 5.44. The van der Waals surface area contributed by atoms with E-state index in [1.54, 1.807) is 0 Å². The number of fused-ring (bicyclic) bond motifs is 1. The maximum atomic E-state index is 11.9. The molecule has 0 aromatic carbocycles. The molecule has 0 aliphatic heterocycles. The highest BCUT2D eigenvalue weighted by molar-refractivity contribution is 7.15. The van der Waals surface area contributed by atoms with Gasteiger partial charge in [0.1, 0.15) is 0 Å². The zero-order valence-corrected chi connectivity index (χ0v) is 15.4. The van der Waals surface area contributed by atoms with Crippen LogP contribution in [0.1, 0.15) is 37.8 Å². The number of thiazole rings is 1. The average molecular weight is 361 g/mol. The van der Waals surface area contributed by atoms with Crippen LogP contribution in [-0.2, 0) is 22.4 Å². The van der Waals surface area contributed by atoms with Gasteiger partial charge < -0.3 is 16.4 Å². The number of rotatable bonds is 5. The van der Waals surface area contributed by atoms with Crippen LogP contribution in [0.3, 0.4) is 0 Å². The van der Waals surface area contributed by atoms with Gasteiger partial charge >= 0.3 is 0 Å². The standard InChI is InChI=1S/C15H24N4O2S.ClH/c1-8(2)13(16)14(21)17-7-12(20)19-15-18-10-5-4-9(3)6-11(10)22-15;/h8-9,13H,4-7,16H2,1-3H3,(H,17,21)(H,18,19,20);1H/t9?,13-;/m0./s1. The van der Waals surface area contributed by atoms with Crippen molar-refractivity contribution in [3.8, 4) is 0 Å². The summed E-state index contributed by atoms with van der Waals surface area (Å²) in [6.07, 6.45) is 3.15. The molecule has 2 rings (SSSR count). The molecule has 2 amide bonds. The Bertz CT molecular complexity index is 562. The minimum atomic E-state index is -0.596. The summed E-state index contributed by atoms with van der Waals surface area (Å²) >= 11 is 1.53. The van der Waals surface area contributed by atoms with Gasteiger partial charge in [-0.2, -0.15) is 0 Å². The normalized spacial score (nSPS) is 17.9. The molecule has 1 unspecified atom stereocenters. The lowest BCUT2D eigenvalue weighted by atomic mass is 9.93. The zero-order valence-electron chi connectivity index (χ0n) is 13.7. The SMILES string of the molecule is CC1CCc2nc(NC(=O)CNC(=O)[C@@H](N)C(C)C)sc2C1.Cl. The summed E-state index contributed by atoms with van der Waals surface area (Å²) < 4.78 is 0. The largest absolute Gasteiger partial charge is 0.346 e. The van der Waals surface area contributed by atoms with Crippen LogP contribution in [0.2, 0.25) is 0 Å². The summed E-state index contributed by atoms with van der Waals surface area (Å²) in [6.45, 7) is 5.88. The van der Waals surface area contributed by atoms with E-state index in [2.05, 4.69) is 22.5 Å². The van der Waals surface area contributed by atoms with E-state index in [4.69, 9.17) is 5.73 Å². The number of carbonyl (C=O) groups excluding carboxylic acids is 2. The van der Waals surface area contributed by atoms with Gasteiger partial charge in [-0.25, -0.2) is 4.98 Å². The summed E-state index contributed by atoms with van der Waals surface area (Å²) in [6, 6.07) is -0.596. The summed E-state index contributed by atoms with van der Waals surface area (Å²) in [7, 11) is 0. The molecule has 1 aliphatic carbocycles. The zero-order chi connectivity index (χ0) is 16.3. The van der Waals surface area contributed by atoms with Gasteiger partial charge in [0.05, 0.1) is 18.3 Å². The molecule has 0 bridgehead atoms. The fourth-order valence-corrected chi connectivity index (χ4v) is 3.53. The lowest BCUT2D eigenvalue weighted by molar-refractivity contribution is -0.125. The molecule has 2 atom stereocenters. The molecular weight excluding hydrogens is 336 g/mol. The highest BCUT2D eigenvalue weighted by atomic mass is 35.5. The number of nitrogens with two attached hydrogens (primary N) is 1. The van der Waals surface area contributed by atoms with Crippen molar-refractivity contribution in [2.24, 2.45) is 17.6 Å². The van der Waals surface area contributed by atoms with Gasteiger partial charge in [0.25, 0.3) is 0 Å². The Morgan fingerprint density at radius 3 is 2.78 bits per heavy atom. The molecule has 0 saturated heterocycles. The molecule has 1 aliphatic rings. The minimum absolute atomic E-state index is 0. The first-order valence-electron chi connectivity index (χ1n) is 7.68. The lowest BCUT2D eigenvalue weighted by Crippen LogP contribution is -2.46. The second-order valence-corrected chi connectivity index (χ2v) is 7.36. The first-order valence-corrected chi connectivity index (χ1v) is 8.50. The van der Waals surface area contributed by atoms with Crippen molar-refractivity contribution >= 4 is 40.7 Å². The summed E-state index contributed by atoms with van der Waals surface area (Å²) in [4.78, 5) is 29.3. The van der Waals surface area contributed by atoms with E-state index >= 15 is 0 Å². The Balaban J connectivity index is 0.00000264. The molecule has 4 N–H and O–H groups in total. The monoisotopic (exact) mass is 360 g/mol. The number of amides is 2. The number of anilines is 1. The van der Waals surface area contributed by atoms with Crippen LogP contribution in [-0.4, -0.2) is 29.4 Å². The maximum absolute atomic E-state index is 11.9. The van der Waals surface area contributed by atoms with Crippen molar-refractivity contribution in [3.05, 3.63) is 10.6 Å². The van der Waals surface area contributed by atoms with Crippen LogP contribution in [0.25, 0.3) is 0 Å². The van der Waals surface area contributed by atoms with Crippen LogP contribution < -0.4 is 16.4 Å². The van der Waals surface area contributed by atoms with E-state index in [0.29, 0.717) is 11.0 Å². The highest BCUT2D eigenvalue weighted by Gasteiger charge is 2.21. The summed E-state index contributed by atoms with van der Waals surface area (Å²) in [5.41, 5.74) is 6.83. The molecular formula is C15H25ClN4O2S. The first-order chi connectivity index (χ1) is 10.4. The van der Waals surface area contributed by atoms with Gasteiger partial charge in [0.15, 0.2) is 5.13 Å². The number of aryl methyl sites for hydroxylation is 1. The van der Waals surface area contributed by atoms with E-state index in [0.717, 1.165) is 25.0 Å². The third-order valence-electron chi connectivity index (χ3n) is 3.88. The fraction of sp³-hybridized carbons (Fsp3) is 0.667. The topological polar surface area (TPSA) is 97.1 Å². The number of halogens is 1. The Hall–Kier alpha value is -1.18. The molecule has 0 fully saturated rings. The molecule has 8 heteroatoms. The van der Waals surface area contributed by atoms with E-state index in [1.807, 2.05) is 13.8 Å². The smallest absolute Gasteiger partial charge is 0.245 e. The highest BCUT2D eigenvalue weighted by Crippen LogP contribution is 2.31. The summed E-state index contributed by atoms with van der Waals surface area (Å²) in [5, 5.41) is 5.92. The van der Waals surface area contributed by atoms with Crippen LogP contribution >= 0.6 is 23.7 Å². The Labute approximate surface area is 147 Å². The van der Waals surface area contributed by atoms with Crippen molar-refractivity contribution in [3.63, 3.8) is 0 Å². The Morgan fingerprint density at radius 1 is 1.43 bits per heavy atom. The molecule has 6 nitrogen and oxygen atoms in total. The van der Waals surface area contributed by atoms with Crippen molar-refractivity contribution in [1.29, 1.82) is 0 Å². The van der Waals surface area contributed by atoms with Gasteiger partial charge in [0, 0.05) is 4.88 Å². The Morgan fingerprint density at radius 2 is 2.13 bits per heavy atom. The van der Waals surface area contributed by atoms with Gasteiger partial charge in [-0.05, 0) is 31.1 Å². The van der Waals surface area contributed by atoms with Crippen LogP contribution in [0.15, 0.2) is 0 Å². The summed E-state index contributed by atoms with van der Waals surface area (Å²) in [5.74, 6) is 0.130. The predicted molar refractivity (Wildman–Crippen MR) is 95.0 cm³/mol. The molecule has 23 heavy (non-hydrogen) atoms. The van der Waals surface area contributed by atoms with E-state index in [1.165, 1.54) is 16.2 Å². The van der Waals surface area contributed by atoms with E-state index in [-0.39, 0.29) is 36.7 Å². The first kappa shape index (κ1) is 19.9. The molecule has 0 saturated carbocycles. The number of hydrogen-bond donors (Lipinski definition) is 3. The molecule has 1 heterocycles. The van der Waals surface area contributed by atoms with Crippen molar-refractivity contribution < 1.29 is 9.59 Å². The maximum Gasteiger partial charge on any atom is 0.245 e. The molecule has 1 aromatic heterocycles.